The minimum absolute atomic E-state index is 0.0375. The van der Waals surface area contributed by atoms with Crippen molar-refractivity contribution < 1.29 is 18.0 Å². The van der Waals surface area contributed by atoms with Gasteiger partial charge in [-0.25, -0.2) is 8.42 Å². The first-order valence-electron chi connectivity index (χ1n) is 12.9. The van der Waals surface area contributed by atoms with Crippen LogP contribution in [0.25, 0.3) is 0 Å². The molecular formula is C29H30BrCl2N3O4S. The van der Waals surface area contributed by atoms with E-state index < -0.39 is 28.5 Å². The van der Waals surface area contributed by atoms with Gasteiger partial charge in [0, 0.05) is 32.7 Å². The molecule has 3 aromatic carbocycles. The second-order valence-corrected chi connectivity index (χ2v) is 13.3. The standard InChI is InChI=1S/C29H30BrCl2N3O4S/c1-20(29(37)33-22-10-5-6-11-22)34(18-25-26(31)15-8-16-27(25)32)28(36)19-35(23-12-7-9-21(30)17-23)40(38,39)24-13-3-2-4-14-24/h2-4,7-9,12-17,20,22H,5-6,10-11,18-19H2,1H3,(H,33,37)/t20-/m0/s1. The molecule has 3 aromatic rings. The van der Waals surface area contributed by atoms with Crippen molar-refractivity contribution in [1.29, 1.82) is 0 Å². The zero-order chi connectivity index (χ0) is 28.9. The number of halogens is 3. The lowest BCUT2D eigenvalue weighted by atomic mass is 10.1. The highest BCUT2D eigenvalue weighted by Crippen LogP contribution is 2.29. The second-order valence-electron chi connectivity index (χ2n) is 9.69. The highest BCUT2D eigenvalue weighted by molar-refractivity contribution is 9.10. The molecule has 0 aromatic heterocycles. The molecule has 212 valence electrons. The van der Waals surface area contributed by atoms with E-state index in [1.807, 2.05) is 0 Å². The summed E-state index contributed by atoms with van der Waals surface area (Å²) in [5, 5.41) is 3.72. The molecule has 4 rings (SSSR count). The number of nitrogens with zero attached hydrogens (tertiary/aromatic N) is 2. The molecule has 1 aliphatic rings. The molecule has 40 heavy (non-hydrogen) atoms. The molecule has 1 aliphatic carbocycles. The number of hydrogen-bond donors (Lipinski definition) is 1. The van der Waals surface area contributed by atoms with E-state index in [0.29, 0.717) is 25.8 Å². The molecule has 1 N–H and O–H groups in total. The van der Waals surface area contributed by atoms with Crippen LogP contribution in [0.15, 0.2) is 82.2 Å². The Balaban J connectivity index is 1.71. The van der Waals surface area contributed by atoms with Crippen LogP contribution in [0, 0.1) is 0 Å². The summed E-state index contributed by atoms with van der Waals surface area (Å²) in [5.74, 6) is -0.895. The van der Waals surface area contributed by atoms with E-state index in [0.717, 1.165) is 30.0 Å². The number of carbonyl (C=O) groups is 2. The number of hydrogen-bond acceptors (Lipinski definition) is 4. The topological polar surface area (TPSA) is 86.8 Å². The van der Waals surface area contributed by atoms with Crippen LogP contribution in [-0.2, 0) is 26.2 Å². The first kappa shape index (κ1) is 30.4. The van der Waals surface area contributed by atoms with Gasteiger partial charge in [0.2, 0.25) is 11.8 Å². The smallest absolute Gasteiger partial charge is 0.264 e. The summed E-state index contributed by atoms with van der Waals surface area (Å²) in [7, 11) is -4.14. The Bertz CT molecular complexity index is 1450. The van der Waals surface area contributed by atoms with Crippen LogP contribution in [0.5, 0.6) is 0 Å². The van der Waals surface area contributed by atoms with Crippen molar-refractivity contribution in [2.75, 3.05) is 10.8 Å². The fraction of sp³-hybridized carbons (Fsp3) is 0.310. The summed E-state index contributed by atoms with van der Waals surface area (Å²) in [5.41, 5.74) is 0.769. The van der Waals surface area contributed by atoms with Gasteiger partial charge in [-0.05, 0) is 62.2 Å². The van der Waals surface area contributed by atoms with Gasteiger partial charge in [0.05, 0.1) is 10.6 Å². The third kappa shape index (κ3) is 7.18. The van der Waals surface area contributed by atoms with Crippen molar-refractivity contribution in [1.82, 2.24) is 10.2 Å². The Kier molecular flexibility index (Phi) is 10.2. The number of carbonyl (C=O) groups excluding carboxylic acids is 2. The summed E-state index contributed by atoms with van der Waals surface area (Å²) in [6.07, 6.45) is 3.84. The summed E-state index contributed by atoms with van der Waals surface area (Å²) >= 11 is 16.3. The van der Waals surface area contributed by atoms with Crippen LogP contribution in [0.3, 0.4) is 0 Å². The van der Waals surface area contributed by atoms with Crippen LogP contribution in [-0.4, -0.2) is 43.8 Å². The zero-order valence-corrected chi connectivity index (χ0v) is 25.8. The first-order valence-corrected chi connectivity index (χ1v) is 15.9. The van der Waals surface area contributed by atoms with E-state index in [2.05, 4.69) is 21.2 Å². The minimum Gasteiger partial charge on any atom is -0.352 e. The van der Waals surface area contributed by atoms with E-state index in [4.69, 9.17) is 23.2 Å². The van der Waals surface area contributed by atoms with Gasteiger partial charge in [-0.1, -0.05) is 82.3 Å². The predicted octanol–water partition coefficient (Wildman–Crippen LogP) is 6.43. The SMILES string of the molecule is C[C@@H](C(=O)NC1CCCC1)N(Cc1c(Cl)cccc1Cl)C(=O)CN(c1cccc(Br)c1)S(=O)(=O)c1ccccc1. The van der Waals surface area contributed by atoms with Crippen molar-refractivity contribution in [2.45, 2.75) is 56.1 Å². The molecule has 1 saturated carbocycles. The van der Waals surface area contributed by atoms with Crippen molar-refractivity contribution in [2.24, 2.45) is 0 Å². The molecule has 11 heteroatoms. The fourth-order valence-electron chi connectivity index (χ4n) is 4.71. The Morgan fingerprint density at radius 1 is 0.975 bits per heavy atom. The first-order chi connectivity index (χ1) is 19.1. The molecule has 0 unspecified atom stereocenters. The number of amides is 2. The average molecular weight is 667 g/mol. The van der Waals surface area contributed by atoms with E-state index in [1.54, 1.807) is 67.6 Å². The molecule has 0 heterocycles. The quantitative estimate of drug-likeness (QED) is 0.270. The van der Waals surface area contributed by atoms with Gasteiger partial charge in [-0.15, -0.1) is 0 Å². The molecule has 1 atom stereocenters. The van der Waals surface area contributed by atoms with Crippen molar-refractivity contribution in [3.8, 4) is 0 Å². The highest BCUT2D eigenvalue weighted by Gasteiger charge is 2.34. The molecule has 0 bridgehead atoms. The van der Waals surface area contributed by atoms with Crippen molar-refractivity contribution in [3.05, 3.63) is 92.9 Å². The second kappa shape index (κ2) is 13.4. The number of anilines is 1. The summed E-state index contributed by atoms with van der Waals surface area (Å²) < 4.78 is 29.3. The van der Waals surface area contributed by atoms with Gasteiger partial charge >= 0.3 is 0 Å². The Hall–Kier alpha value is -2.59. The van der Waals surface area contributed by atoms with Crippen LogP contribution in [0.1, 0.15) is 38.2 Å². The minimum atomic E-state index is -4.14. The van der Waals surface area contributed by atoms with Gasteiger partial charge in [-0.2, -0.15) is 0 Å². The molecule has 7 nitrogen and oxygen atoms in total. The molecular weight excluding hydrogens is 637 g/mol. The van der Waals surface area contributed by atoms with Crippen molar-refractivity contribution >= 4 is 66.7 Å². The summed E-state index contributed by atoms with van der Waals surface area (Å²) in [6, 6.07) is 18.7. The Morgan fingerprint density at radius 3 is 2.23 bits per heavy atom. The number of nitrogens with one attached hydrogen (secondary N) is 1. The maximum absolute atomic E-state index is 14.0. The molecule has 1 fully saturated rings. The average Bonchev–Trinajstić information content (AvgIpc) is 3.44. The van der Waals surface area contributed by atoms with Gasteiger partial charge in [0.1, 0.15) is 12.6 Å². The van der Waals surface area contributed by atoms with Crippen LogP contribution in [0.2, 0.25) is 10.0 Å². The lowest BCUT2D eigenvalue weighted by Gasteiger charge is -2.33. The highest BCUT2D eigenvalue weighted by atomic mass is 79.9. The number of rotatable bonds is 10. The Morgan fingerprint density at radius 2 is 1.60 bits per heavy atom. The maximum atomic E-state index is 14.0. The molecule has 0 aliphatic heterocycles. The van der Waals surface area contributed by atoms with E-state index >= 15 is 0 Å². The fourth-order valence-corrected chi connectivity index (χ4v) is 7.04. The van der Waals surface area contributed by atoms with Gasteiger partial charge in [0.15, 0.2) is 0 Å². The maximum Gasteiger partial charge on any atom is 0.264 e. The third-order valence-corrected chi connectivity index (χ3v) is 9.95. The Labute approximate surface area is 253 Å². The molecule has 0 spiro atoms. The van der Waals surface area contributed by atoms with Crippen molar-refractivity contribution in [3.63, 3.8) is 0 Å². The van der Waals surface area contributed by atoms with Gasteiger partial charge in [0.25, 0.3) is 10.0 Å². The van der Waals surface area contributed by atoms with E-state index in [1.165, 1.54) is 17.0 Å². The van der Waals surface area contributed by atoms with Gasteiger partial charge < -0.3 is 10.2 Å². The number of benzene rings is 3. The predicted molar refractivity (Wildman–Crippen MR) is 162 cm³/mol. The molecule has 0 saturated heterocycles. The third-order valence-electron chi connectivity index (χ3n) is 6.97. The molecule has 0 radical (unpaired) electrons. The van der Waals surface area contributed by atoms with Crippen LogP contribution < -0.4 is 9.62 Å². The summed E-state index contributed by atoms with van der Waals surface area (Å²) in [6.45, 7) is 1.01. The van der Waals surface area contributed by atoms with E-state index in [9.17, 15) is 18.0 Å². The van der Waals surface area contributed by atoms with Gasteiger partial charge in [-0.3, -0.25) is 13.9 Å². The monoisotopic (exact) mass is 665 g/mol. The van der Waals surface area contributed by atoms with Crippen LogP contribution in [0.4, 0.5) is 5.69 Å². The molecule has 2 amide bonds. The normalized spacial score (nSPS) is 14.5. The largest absolute Gasteiger partial charge is 0.352 e. The van der Waals surface area contributed by atoms with Crippen LogP contribution >= 0.6 is 39.1 Å². The summed E-state index contributed by atoms with van der Waals surface area (Å²) in [4.78, 5) is 28.7. The van der Waals surface area contributed by atoms with E-state index in [-0.39, 0.29) is 23.4 Å². The lowest BCUT2D eigenvalue weighted by Crippen LogP contribution is -2.52. The number of sulfonamides is 1. The lowest BCUT2D eigenvalue weighted by molar-refractivity contribution is -0.139. The zero-order valence-electron chi connectivity index (χ0n) is 21.9.